The molecule has 0 saturated carbocycles. The molecule has 0 fully saturated rings. The molecule has 8 rings (SSSR count). The van der Waals surface area contributed by atoms with E-state index in [0.29, 0.717) is 35.3 Å². The summed E-state index contributed by atoms with van der Waals surface area (Å²) in [7, 11) is 16.8. The molecule has 2 atom stereocenters. The molecule has 0 aromatic heterocycles. The number of fused-ring (bicyclic) bond motifs is 4. The van der Waals surface area contributed by atoms with Crippen LogP contribution in [0.4, 0.5) is 20.2 Å². The lowest BCUT2D eigenvalue weighted by molar-refractivity contribution is -0.122. The van der Waals surface area contributed by atoms with Crippen molar-refractivity contribution in [2.75, 3.05) is 107 Å². The lowest BCUT2D eigenvalue weighted by atomic mass is 9.81. The fraction of sp³-hybridized carbons (Fsp3) is 0.426. The van der Waals surface area contributed by atoms with Gasteiger partial charge in [-0.3, -0.25) is 36.9 Å². The number of Topliss-reactive ketones (excluding diaryl/α,β-unsaturated/α-hetero) is 1. The number of hydrogen-bond acceptors (Lipinski definition) is 15. The van der Waals surface area contributed by atoms with Crippen LogP contribution in [0.15, 0.2) is 48.5 Å². The van der Waals surface area contributed by atoms with Gasteiger partial charge in [-0.2, -0.15) is 0 Å². The van der Waals surface area contributed by atoms with Crippen molar-refractivity contribution >= 4 is 28.8 Å². The second-order valence-corrected chi connectivity index (χ2v) is 16.9. The highest BCUT2D eigenvalue weighted by atomic mass is 19.1. The zero-order chi connectivity index (χ0) is 47.4. The summed E-state index contributed by atoms with van der Waals surface area (Å²) in [6.07, 6.45) is 0. The largest absolute Gasteiger partial charge is 0.493 e. The third kappa shape index (κ3) is 7.15. The summed E-state index contributed by atoms with van der Waals surface area (Å²) in [4.78, 5) is 19.7. The Morgan fingerprint density at radius 1 is 0.621 bits per heavy atom. The van der Waals surface area contributed by atoms with Gasteiger partial charge in [-0.15, -0.1) is 0 Å². The molecule has 4 heterocycles. The van der Waals surface area contributed by atoms with Gasteiger partial charge in [-0.25, -0.2) is 19.6 Å². The fourth-order valence-electron chi connectivity index (χ4n) is 10.4. The van der Waals surface area contributed by atoms with Gasteiger partial charge in [0.15, 0.2) is 40.4 Å². The van der Waals surface area contributed by atoms with E-state index in [1.54, 1.807) is 21.9 Å². The summed E-state index contributed by atoms with van der Waals surface area (Å²) >= 11 is 0. The highest BCUT2D eigenvalue weighted by Crippen LogP contribution is 2.45. The maximum atomic E-state index is 16.2. The molecule has 17 nitrogen and oxygen atoms in total. The molecule has 352 valence electrons. The van der Waals surface area contributed by atoms with Crippen LogP contribution in [0.2, 0.25) is 0 Å². The molecule has 0 bridgehead atoms. The first-order chi connectivity index (χ1) is 31.8. The monoisotopic (exact) mass is 910 g/mol. The third-order valence-electron chi connectivity index (χ3n) is 14.1. The summed E-state index contributed by atoms with van der Waals surface area (Å²) in [6, 6.07) is 15.3. The fourth-order valence-corrected chi connectivity index (χ4v) is 10.4. The number of ketones is 1. The lowest BCUT2D eigenvalue weighted by Crippen LogP contribution is -2.55. The average Bonchev–Trinajstić information content (AvgIpc) is 4.05. The standard InChI is InChI=1S/C47H60F2N12O5/c1-52-46(53-2)23-60(56-5)33-13-11-25(15-31(33)46)29(21-58-19-27-17-35(63-7)42(65-9)39(48)37(27)44(58)50)41(62)30(26-12-14-34-32(16-26)47(54-3,55-4)24-61(34)57-6)22-59-20-28-18-36(64-8)43(66-10)40(49)38(28)45(59)51/h11-18,29-30,50-57H,19-24H2,1-10H3. The first-order valence-electron chi connectivity index (χ1n) is 21.8. The molecule has 0 spiro atoms. The van der Waals surface area contributed by atoms with Gasteiger partial charge >= 0.3 is 0 Å². The van der Waals surface area contributed by atoms with Gasteiger partial charge in [-0.1, -0.05) is 12.1 Å². The van der Waals surface area contributed by atoms with E-state index in [-0.39, 0.29) is 77.8 Å². The number of nitrogens with one attached hydrogen (secondary N) is 8. The smallest absolute Gasteiger partial charge is 0.197 e. The van der Waals surface area contributed by atoms with Crippen LogP contribution in [0.5, 0.6) is 23.0 Å². The van der Waals surface area contributed by atoms with Crippen molar-refractivity contribution < 1.29 is 32.5 Å². The first kappa shape index (κ1) is 46.4. The van der Waals surface area contributed by atoms with Crippen molar-refractivity contribution in [1.82, 2.24) is 41.9 Å². The molecule has 4 aromatic carbocycles. The molecule has 19 heteroatoms. The van der Waals surface area contributed by atoms with Gasteiger partial charge in [0, 0.05) is 51.4 Å². The Morgan fingerprint density at radius 3 is 1.32 bits per heavy atom. The molecule has 0 aliphatic carbocycles. The van der Waals surface area contributed by atoms with Gasteiger partial charge in [0.2, 0.25) is 0 Å². The average molecular weight is 911 g/mol. The molecule has 0 saturated heterocycles. The minimum Gasteiger partial charge on any atom is -0.493 e. The van der Waals surface area contributed by atoms with Gasteiger partial charge in [0.25, 0.3) is 0 Å². The molecule has 4 aliphatic heterocycles. The second kappa shape index (κ2) is 17.9. The summed E-state index contributed by atoms with van der Waals surface area (Å²) in [5.74, 6) is -3.44. The Labute approximate surface area is 384 Å². The summed E-state index contributed by atoms with van der Waals surface area (Å²) < 4.78 is 54.2. The van der Waals surface area contributed by atoms with E-state index in [1.807, 2.05) is 88.7 Å². The SMILES string of the molecule is CNN1CC(NC)(NC)c2cc(C(CN3Cc4cc(OC)c(OC)c(F)c4C3=N)C(=O)C(CN3Cc4cc(OC)c(OC)c(F)c4C3=N)c3ccc4c(c3)C(NC)(NC)CN4NC)ccc21. The lowest BCUT2D eigenvalue weighted by Gasteiger charge is -2.33. The third-order valence-corrected chi connectivity index (χ3v) is 14.1. The Morgan fingerprint density at radius 2 is 1.00 bits per heavy atom. The first-order valence-corrected chi connectivity index (χ1v) is 21.8. The molecule has 0 radical (unpaired) electrons. The molecular weight excluding hydrogens is 851 g/mol. The van der Waals surface area contributed by atoms with Crippen LogP contribution in [-0.4, -0.2) is 124 Å². The summed E-state index contributed by atoms with van der Waals surface area (Å²) in [5.41, 5.74) is 11.4. The van der Waals surface area contributed by atoms with Crippen LogP contribution in [0.3, 0.4) is 0 Å². The molecule has 8 N–H and O–H groups in total. The number of hydrazine groups is 2. The topological polar surface area (TPSA) is 187 Å². The minimum atomic E-state index is -0.909. The normalized spacial score (nSPS) is 17.5. The van der Waals surface area contributed by atoms with E-state index in [2.05, 4.69) is 32.1 Å². The number of ether oxygens (including phenoxy) is 4. The van der Waals surface area contributed by atoms with E-state index in [9.17, 15) is 10.8 Å². The van der Waals surface area contributed by atoms with Crippen LogP contribution < -0.4 is 61.1 Å². The van der Waals surface area contributed by atoms with Crippen LogP contribution in [-0.2, 0) is 29.2 Å². The highest BCUT2D eigenvalue weighted by molar-refractivity contribution is 6.03. The van der Waals surface area contributed by atoms with Crippen LogP contribution in [0, 0.1) is 22.5 Å². The Bertz CT molecular complexity index is 2410. The number of halogens is 2. The number of carbonyl (C=O) groups excluding carboxylic acids is 1. The van der Waals surface area contributed by atoms with Gasteiger partial charge in [0.05, 0.1) is 75.9 Å². The Balaban J connectivity index is 1.29. The van der Waals surface area contributed by atoms with Crippen molar-refractivity contribution in [3.63, 3.8) is 0 Å². The van der Waals surface area contributed by atoms with Gasteiger partial charge in [-0.05, 0) is 86.8 Å². The second-order valence-electron chi connectivity index (χ2n) is 16.9. The number of carbonyl (C=O) groups is 1. The maximum Gasteiger partial charge on any atom is 0.197 e. The molecule has 0 amide bonds. The zero-order valence-corrected chi connectivity index (χ0v) is 39.1. The summed E-state index contributed by atoms with van der Waals surface area (Å²) in [5, 5.41) is 36.7. The zero-order valence-electron chi connectivity index (χ0n) is 39.1. The minimum absolute atomic E-state index is 0.00366. The quantitative estimate of drug-likeness (QED) is 0.0681. The van der Waals surface area contributed by atoms with Crippen molar-refractivity contribution in [3.8, 4) is 23.0 Å². The molecule has 4 aliphatic rings. The van der Waals surface area contributed by atoms with E-state index in [1.165, 1.54) is 28.4 Å². The predicted octanol–water partition coefficient (Wildman–Crippen LogP) is 3.21. The number of benzene rings is 4. The van der Waals surface area contributed by atoms with Crippen molar-refractivity contribution in [3.05, 3.63) is 105 Å². The van der Waals surface area contributed by atoms with E-state index < -0.39 is 34.8 Å². The molecule has 4 aromatic rings. The highest BCUT2D eigenvalue weighted by Gasteiger charge is 2.45. The van der Waals surface area contributed by atoms with Crippen LogP contribution >= 0.6 is 0 Å². The molecular formula is C47H60F2N12O5. The van der Waals surface area contributed by atoms with Crippen molar-refractivity contribution in [2.45, 2.75) is 36.3 Å². The van der Waals surface area contributed by atoms with Gasteiger partial charge in [0.1, 0.15) is 23.0 Å². The predicted molar refractivity (Wildman–Crippen MR) is 249 cm³/mol. The van der Waals surface area contributed by atoms with Crippen molar-refractivity contribution in [2.24, 2.45) is 0 Å². The number of nitrogens with zero attached hydrogens (tertiary/aromatic N) is 4. The maximum absolute atomic E-state index is 16.2. The van der Waals surface area contributed by atoms with E-state index in [4.69, 9.17) is 18.9 Å². The number of likely N-dealkylation sites (N-methyl/N-ethyl adjacent to an activating group) is 4. The molecule has 66 heavy (non-hydrogen) atoms. The number of methoxy groups -OCH3 is 4. The van der Waals surface area contributed by atoms with Crippen LogP contribution in [0.25, 0.3) is 0 Å². The number of amidine groups is 2. The number of hydrogen-bond donors (Lipinski definition) is 8. The van der Waals surface area contributed by atoms with E-state index in [0.717, 1.165) is 22.5 Å². The number of anilines is 2. The van der Waals surface area contributed by atoms with Crippen LogP contribution in [0.1, 0.15) is 56.3 Å². The van der Waals surface area contributed by atoms with E-state index >= 15 is 13.6 Å². The van der Waals surface area contributed by atoms with Crippen molar-refractivity contribution in [1.29, 1.82) is 10.8 Å². The molecule has 2 unspecified atom stereocenters. The Hall–Kier alpha value is -6.09. The number of rotatable bonds is 18. The van der Waals surface area contributed by atoms with Gasteiger partial charge < -0.3 is 38.8 Å². The Kier molecular flexibility index (Phi) is 12.6. The summed E-state index contributed by atoms with van der Waals surface area (Å²) in [6.45, 7) is 1.35.